The summed E-state index contributed by atoms with van der Waals surface area (Å²) < 4.78 is 57.0. The Morgan fingerprint density at radius 1 is 1.11 bits per heavy atom. The molecule has 0 bridgehead atoms. The zero-order chi connectivity index (χ0) is 25.4. The molecule has 1 unspecified atom stereocenters. The number of hydrogen-bond donors (Lipinski definition) is 0. The van der Waals surface area contributed by atoms with Crippen LogP contribution in [0.5, 0.6) is 5.88 Å². The number of amides is 1. The van der Waals surface area contributed by atoms with Gasteiger partial charge in [-0.05, 0) is 25.1 Å². The number of aryl methyl sites for hydroxylation is 1. The molecule has 1 amide bonds. The van der Waals surface area contributed by atoms with Gasteiger partial charge in [-0.3, -0.25) is 4.79 Å². The van der Waals surface area contributed by atoms with Gasteiger partial charge >= 0.3 is 0 Å². The van der Waals surface area contributed by atoms with Crippen molar-refractivity contribution in [1.82, 2.24) is 30.1 Å². The van der Waals surface area contributed by atoms with Crippen molar-refractivity contribution in [1.29, 1.82) is 0 Å². The molecular weight excluding hydrogens is 496 g/mol. The molecule has 0 aliphatic carbocycles. The lowest BCUT2D eigenvalue weighted by molar-refractivity contribution is -0.133. The number of benzene rings is 1. The Hall–Kier alpha value is -3.68. The number of aromatic nitrogens is 5. The average Bonchev–Trinajstić information content (AvgIpc) is 3.22. The Labute approximate surface area is 205 Å². The first-order valence-electron chi connectivity index (χ1n) is 11.2. The van der Waals surface area contributed by atoms with Gasteiger partial charge in [-0.25, -0.2) is 21.9 Å². The largest absolute Gasteiger partial charge is 0.470 e. The Bertz CT molecular complexity index is 1360. The monoisotopic (exact) mass is 519 g/mol. The van der Waals surface area contributed by atoms with Crippen LogP contribution in [0.25, 0.3) is 5.69 Å². The summed E-state index contributed by atoms with van der Waals surface area (Å²) in [4.78, 5) is 15.9. The number of halogens is 2. The number of anilines is 1. The maximum absolute atomic E-state index is 12.9. The first kappa shape index (κ1) is 24.0. The zero-order valence-corrected chi connectivity index (χ0v) is 20.1. The van der Waals surface area contributed by atoms with E-state index >= 15 is 0 Å². The van der Waals surface area contributed by atoms with E-state index in [1.807, 2.05) is 0 Å². The van der Waals surface area contributed by atoms with Gasteiger partial charge in [-0.15, -0.1) is 15.3 Å². The number of carbonyl (C=O) groups excluding carboxylic acids is 1. The Balaban J connectivity index is 1.26. The molecule has 11 nitrogen and oxygen atoms in total. The van der Waals surface area contributed by atoms with Crippen LogP contribution >= 0.6 is 0 Å². The van der Waals surface area contributed by atoms with Crippen molar-refractivity contribution in [3.63, 3.8) is 0 Å². The van der Waals surface area contributed by atoms with Crippen molar-refractivity contribution in [3.05, 3.63) is 53.3 Å². The first-order valence-corrected chi connectivity index (χ1v) is 13.0. The predicted octanol–water partition coefficient (Wildman–Crippen LogP) is 1.33. The third-order valence-electron chi connectivity index (χ3n) is 6.26. The van der Waals surface area contributed by atoms with E-state index in [1.54, 1.807) is 28.9 Å². The number of rotatable bonds is 6. The number of carbonyl (C=O) groups is 1. The fourth-order valence-electron chi connectivity index (χ4n) is 4.33. The van der Waals surface area contributed by atoms with Crippen LogP contribution in [0.2, 0.25) is 0 Å². The van der Waals surface area contributed by atoms with Crippen molar-refractivity contribution in [2.24, 2.45) is 0 Å². The number of ether oxygens (including phenoxy) is 1. The van der Waals surface area contributed by atoms with Gasteiger partial charge in [-0.2, -0.15) is 0 Å². The fraction of sp³-hybridized carbons (Fsp3) is 0.409. The van der Waals surface area contributed by atoms with E-state index < -0.39 is 22.3 Å². The number of piperazine rings is 1. The van der Waals surface area contributed by atoms with Crippen molar-refractivity contribution >= 4 is 21.6 Å². The molecule has 0 spiro atoms. The van der Waals surface area contributed by atoms with Crippen LogP contribution < -0.4 is 9.64 Å². The smallest absolute Gasteiger partial charge is 0.263 e. The van der Waals surface area contributed by atoms with Crippen molar-refractivity contribution in [3.8, 4) is 11.6 Å². The van der Waals surface area contributed by atoms with Gasteiger partial charge in [0.2, 0.25) is 11.8 Å². The summed E-state index contributed by atoms with van der Waals surface area (Å²) in [6.45, 7) is 2.49. The fourth-order valence-corrected chi connectivity index (χ4v) is 5.84. The molecule has 14 heteroatoms. The molecule has 36 heavy (non-hydrogen) atoms. The molecule has 5 rings (SSSR count). The van der Waals surface area contributed by atoms with Gasteiger partial charge in [0.25, 0.3) is 6.43 Å². The van der Waals surface area contributed by atoms with Crippen molar-refractivity contribution in [2.45, 2.75) is 26.0 Å². The summed E-state index contributed by atoms with van der Waals surface area (Å²) in [7, 11) is -3.17. The molecule has 2 saturated heterocycles. The van der Waals surface area contributed by atoms with E-state index in [9.17, 15) is 22.0 Å². The lowest BCUT2D eigenvalue weighted by atomic mass is 10.2. The van der Waals surface area contributed by atoms with Gasteiger partial charge in [0.05, 0.1) is 35.5 Å². The second-order valence-electron chi connectivity index (χ2n) is 8.68. The molecule has 190 valence electrons. The highest BCUT2D eigenvalue weighted by Gasteiger charge is 2.39. The molecule has 0 N–H and O–H groups in total. The summed E-state index contributed by atoms with van der Waals surface area (Å²) in [6, 6.07) is 8.59. The molecule has 2 fully saturated rings. The van der Waals surface area contributed by atoms with Crippen LogP contribution in [0, 0.1) is 6.92 Å². The average molecular weight is 520 g/mol. The molecule has 4 heterocycles. The van der Waals surface area contributed by atoms with Crippen LogP contribution in [0.4, 0.5) is 14.6 Å². The van der Waals surface area contributed by atoms with Gasteiger partial charge in [0.1, 0.15) is 12.3 Å². The van der Waals surface area contributed by atoms with Crippen LogP contribution in [0.15, 0.2) is 36.4 Å². The van der Waals surface area contributed by atoms with Gasteiger partial charge in [0.15, 0.2) is 15.7 Å². The minimum atomic E-state index is -3.17. The Morgan fingerprint density at radius 3 is 2.58 bits per heavy atom. The highest BCUT2D eigenvalue weighted by atomic mass is 32.2. The topological polar surface area (TPSA) is 123 Å². The summed E-state index contributed by atoms with van der Waals surface area (Å²) in [5.41, 5.74) is 1.70. The standard InChI is InChI=1S/C22H23F2N7O4S/c1-14-18(31(28-25-14)16-4-2-15(3-5-16)22(23)24)12-35-20-7-6-19(26-27-20)29-10-17-13-36(33,34)9-8-30(17)21(32)11-29/h2-7,17,22H,8-13H2,1H3. The van der Waals surface area contributed by atoms with E-state index in [2.05, 4.69) is 20.5 Å². The van der Waals surface area contributed by atoms with E-state index in [1.165, 1.54) is 28.9 Å². The second kappa shape index (κ2) is 9.41. The Morgan fingerprint density at radius 2 is 1.89 bits per heavy atom. The minimum absolute atomic E-state index is 0.00397. The van der Waals surface area contributed by atoms with Crippen molar-refractivity contribution < 1.29 is 26.7 Å². The lowest BCUT2D eigenvalue weighted by Gasteiger charge is -2.43. The highest BCUT2D eigenvalue weighted by molar-refractivity contribution is 7.91. The molecule has 1 aromatic carbocycles. The van der Waals surface area contributed by atoms with E-state index in [-0.39, 0.29) is 48.6 Å². The molecule has 2 aliphatic heterocycles. The summed E-state index contributed by atoms with van der Waals surface area (Å²) in [5.74, 6) is 0.469. The van der Waals surface area contributed by atoms with E-state index in [0.29, 0.717) is 29.4 Å². The normalized spacial score (nSPS) is 19.4. The maximum Gasteiger partial charge on any atom is 0.263 e. The number of hydrogen-bond acceptors (Lipinski definition) is 9. The van der Waals surface area contributed by atoms with E-state index in [0.717, 1.165) is 0 Å². The summed E-state index contributed by atoms with van der Waals surface area (Å²) in [5, 5.41) is 16.4. The Kier molecular flexibility index (Phi) is 6.28. The molecule has 0 radical (unpaired) electrons. The number of fused-ring (bicyclic) bond motifs is 1. The van der Waals surface area contributed by atoms with Crippen LogP contribution in [0.1, 0.15) is 23.4 Å². The van der Waals surface area contributed by atoms with Gasteiger partial charge in [-0.1, -0.05) is 17.3 Å². The third kappa shape index (κ3) is 4.85. The molecule has 3 aromatic rings. The van der Waals surface area contributed by atoms with E-state index in [4.69, 9.17) is 4.74 Å². The molecule has 2 aliphatic rings. The van der Waals surface area contributed by atoms with Gasteiger partial charge in [0, 0.05) is 24.7 Å². The van der Waals surface area contributed by atoms with Crippen LogP contribution in [0.3, 0.4) is 0 Å². The summed E-state index contributed by atoms with van der Waals surface area (Å²) >= 11 is 0. The van der Waals surface area contributed by atoms with Crippen LogP contribution in [-0.2, 0) is 21.2 Å². The van der Waals surface area contributed by atoms with Gasteiger partial charge < -0.3 is 14.5 Å². The zero-order valence-electron chi connectivity index (χ0n) is 19.3. The SMILES string of the molecule is Cc1nnn(-c2ccc(C(F)F)cc2)c1COc1ccc(N2CC(=O)N3CCS(=O)(=O)CC3C2)nn1. The molecule has 1 atom stereocenters. The molecule has 2 aromatic heterocycles. The predicted molar refractivity (Wildman–Crippen MR) is 124 cm³/mol. The minimum Gasteiger partial charge on any atom is -0.470 e. The number of nitrogens with zero attached hydrogens (tertiary/aromatic N) is 7. The number of sulfone groups is 1. The summed E-state index contributed by atoms with van der Waals surface area (Å²) in [6.07, 6.45) is -2.56. The molecular formula is C22H23F2N7O4S. The molecule has 0 saturated carbocycles. The maximum atomic E-state index is 12.9. The highest BCUT2D eigenvalue weighted by Crippen LogP contribution is 2.24. The number of alkyl halides is 2. The van der Waals surface area contributed by atoms with Crippen molar-refractivity contribution in [2.75, 3.05) is 36.0 Å². The lowest BCUT2D eigenvalue weighted by Crippen LogP contribution is -2.62. The first-order chi connectivity index (χ1) is 17.2. The quantitative estimate of drug-likeness (QED) is 0.474. The third-order valence-corrected chi connectivity index (χ3v) is 7.96. The van der Waals surface area contributed by atoms with Crippen LogP contribution in [-0.4, -0.2) is 81.6 Å². The second-order valence-corrected chi connectivity index (χ2v) is 10.9.